The first-order valence-corrected chi connectivity index (χ1v) is 6.16. The van der Waals surface area contributed by atoms with E-state index in [4.69, 9.17) is 0 Å². The Balaban J connectivity index is 1.87. The number of nitrogens with zero attached hydrogens (tertiary/aromatic N) is 6. The van der Waals surface area contributed by atoms with Crippen LogP contribution in [0, 0.1) is 10.1 Å². The van der Waals surface area contributed by atoms with Crippen molar-refractivity contribution in [2.75, 3.05) is 0 Å². The average molecular weight is 280 g/mol. The molecule has 8 nitrogen and oxygen atoms in total. The van der Waals surface area contributed by atoms with Gasteiger partial charge in [-0.3, -0.25) is 10.1 Å². The Morgan fingerprint density at radius 3 is 2.86 bits per heavy atom. The highest BCUT2D eigenvalue weighted by Gasteiger charge is 2.09. The summed E-state index contributed by atoms with van der Waals surface area (Å²) in [5, 5.41) is 14.9. The maximum absolute atomic E-state index is 10.7. The minimum Gasteiger partial charge on any atom is -0.360 e. The molecule has 0 aliphatic carbocycles. The minimum atomic E-state index is -0.431. The Bertz CT molecular complexity index is 969. The van der Waals surface area contributed by atoms with Gasteiger partial charge >= 0.3 is 0 Å². The molecule has 0 aliphatic rings. The smallest absolute Gasteiger partial charge is 0.269 e. The first-order valence-electron chi connectivity index (χ1n) is 6.16. The number of nitro groups is 1. The SMILES string of the molecule is O=[N+]([O-])c1ccc(-c2cnc3[n-][n+]4cccn4c3n2)cc1. The molecular weight excluding hydrogens is 272 g/mol. The zero-order valence-corrected chi connectivity index (χ0v) is 10.6. The highest BCUT2D eigenvalue weighted by molar-refractivity contribution is 5.69. The molecule has 0 amide bonds. The Morgan fingerprint density at radius 1 is 1.29 bits per heavy atom. The predicted octanol–water partition coefficient (Wildman–Crippen LogP) is 1.00. The number of fused-ring (bicyclic) bond motifs is 3. The third kappa shape index (κ3) is 1.73. The minimum absolute atomic E-state index is 0.0473. The van der Waals surface area contributed by atoms with Crippen LogP contribution >= 0.6 is 0 Å². The zero-order chi connectivity index (χ0) is 14.4. The highest BCUT2D eigenvalue weighted by Crippen LogP contribution is 2.21. The summed E-state index contributed by atoms with van der Waals surface area (Å²) in [5.41, 5.74) is 2.63. The summed E-state index contributed by atoms with van der Waals surface area (Å²) in [7, 11) is 0. The first-order chi connectivity index (χ1) is 10.2. The molecule has 4 aromatic rings. The molecule has 4 rings (SSSR count). The largest absolute Gasteiger partial charge is 0.360 e. The van der Waals surface area contributed by atoms with E-state index in [-0.39, 0.29) is 5.69 Å². The Kier molecular flexibility index (Phi) is 2.25. The maximum atomic E-state index is 10.7. The van der Waals surface area contributed by atoms with Crippen LogP contribution in [0.3, 0.4) is 0 Å². The molecule has 0 fully saturated rings. The highest BCUT2D eigenvalue weighted by atomic mass is 16.6. The van der Waals surface area contributed by atoms with Gasteiger partial charge in [0.15, 0.2) is 5.65 Å². The Hall–Kier alpha value is -3.29. The molecule has 0 radical (unpaired) electrons. The molecule has 1 aromatic carbocycles. The molecule has 0 spiro atoms. The van der Waals surface area contributed by atoms with E-state index in [0.717, 1.165) is 5.56 Å². The van der Waals surface area contributed by atoms with E-state index in [1.165, 1.54) is 12.1 Å². The molecule has 0 saturated heterocycles. The number of hydrogen-bond acceptors (Lipinski definition) is 4. The van der Waals surface area contributed by atoms with Crippen molar-refractivity contribution >= 4 is 17.0 Å². The van der Waals surface area contributed by atoms with Crippen molar-refractivity contribution in [3.63, 3.8) is 0 Å². The second kappa shape index (κ2) is 4.10. The van der Waals surface area contributed by atoms with Gasteiger partial charge in [0.05, 0.1) is 10.6 Å². The summed E-state index contributed by atoms with van der Waals surface area (Å²) in [6.45, 7) is 0. The number of non-ortho nitro benzene ring substituents is 1. The molecule has 0 bridgehead atoms. The fourth-order valence-corrected chi connectivity index (χ4v) is 2.17. The standard InChI is InChI=1S/C13H8N6O2/c20-19(21)10-4-2-9(3-5-10)11-8-14-12-13(15-11)17-6-1-7-18(17)16-12/h1-8H. The van der Waals surface area contributed by atoms with Gasteiger partial charge in [0.25, 0.3) is 5.69 Å². The van der Waals surface area contributed by atoms with Crippen LogP contribution in [-0.2, 0) is 0 Å². The van der Waals surface area contributed by atoms with Crippen molar-refractivity contribution < 1.29 is 9.55 Å². The van der Waals surface area contributed by atoms with Crippen molar-refractivity contribution in [2.24, 2.45) is 0 Å². The van der Waals surface area contributed by atoms with Crippen LogP contribution < -0.4 is 9.73 Å². The maximum Gasteiger partial charge on any atom is 0.269 e. The summed E-state index contributed by atoms with van der Waals surface area (Å²) in [6, 6.07) is 8.07. The third-order valence-corrected chi connectivity index (χ3v) is 3.19. The average Bonchev–Trinajstić information content (AvgIpc) is 3.07. The fourth-order valence-electron chi connectivity index (χ4n) is 2.17. The normalized spacial score (nSPS) is 11.2. The van der Waals surface area contributed by atoms with E-state index >= 15 is 0 Å². The van der Waals surface area contributed by atoms with Crippen molar-refractivity contribution in [3.8, 4) is 11.3 Å². The summed E-state index contributed by atoms with van der Waals surface area (Å²) in [5.74, 6) is 0. The van der Waals surface area contributed by atoms with Crippen LogP contribution in [0.2, 0.25) is 0 Å². The predicted molar refractivity (Wildman–Crippen MR) is 71.6 cm³/mol. The molecule has 102 valence electrons. The second-order valence-corrected chi connectivity index (χ2v) is 4.46. The van der Waals surface area contributed by atoms with E-state index in [1.807, 2.05) is 12.3 Å². The van der Waals surface area contributed by atoms with E-state index in [9.17, 15) is 10.1 Å². The van der Waals surface area contributed by atoms with Gasteiger partial charge in [-0.15, -0.1) is 5.10 Å². The van der Waals surface area contributed by atoms with Crippen LogP contribution in [0.15, 0.2) is 48.9 Å². The topological polar surface area (TPSA) is 91.5 Å². The number of hydrogen-bond donors (Lipinski definition) is 0. The van der Waals surface area contributed by atoms with Gasteiger partial charge in [0, 0.05) is 30.0 Å². The molecule has 3 aromatic heterocycles. The van der Waals surface area contributed by atoms with E-state index in [0.29, 0.717) is 17.0 Å². The molecule has 0 unspecified atom stereocenters. The van der Waals surface area contributed by atoms with E-state index in [2.05, 4.69) is 15.1 Å². The third-order valence-electron chi connectivity index (χ3n) is 3.19. The lowest BCUT2D eigenvalue weighted by molar-refractivity contribution is -0.674. The van der Waals surface area contributed by atoms with Gasteiger partial charge in [-0.2, -0.15) is 4.52 Å². The first kappa shape index (κ1) is 11.5. The van der Waals surface area contributed by atoms with Crippen LogP contribution in [0.25, 0.3) is 22.6 Å². The number of aromatic nitrogens is 5. The van der Waals surface area contributed by atoms with Crippen molar-refractivity contribution in [3.05, 3.63) is 59.0 Å². The molecular formula is C13H8N6O2. The molecule has 0 N–H and O–H groups in total. The fraction of sp³-hybridized carbons (Fsp3) is 0. The molecule has 8 heteroatoms. The molecule has 0 saturated carbocycles. The van der Waals surface area contributed by atoms with Crippen LogP contribution in [0.1, 0.15) is 0 Å². The van der Waals surface area contributed by atoms with Gasteiger partial charge in [-0.05, 0) is 18.3 Å². The Labute approximate surface area is 117 Å². The van der Waals surface area contributed by atoms with E-state index < -0.39 is 4.92 Å². The lowest BCUT2D eigenvalue weighted by Crippen LogP contribution is -2.28. The van der Waals surface area contributed by atoms with Crippen LogP contribution in [0.4, 0.5) is 5.69 Å². The second-order valence-electron chi connectivity index (χ2n) is 4.46. The van der Waals surface area contributed by atoms with Crippen molar-refractivity contribution in [2.45, 2.75) is 0 Å². The molecule has 3 heterocycles. The van der Waals surface area contributed by atoms with Gasteiger partial charge in [0.1, 0.15) is 5.65 Å². The van der Waals surface area contributed by atoms with Crippen LogP contribution in [-0.4, -0.2) is 19.4 Å². The summed E-state index contributed by atoms with van der Waals surface area (Å²) < 4.78 is 3.42. The van der Waals surface area contributed by atoms with Crippen molar-refractivity contribution in [1.82, 2.24) is 19.6 Å². The monoisotopic (exact) mass is 280 g/mol. The zero-order valence-electron chi connectivity index (χ0n) is 10.6. The molecule has 0 atom stereocenters. The summed E-state index contributed by atoms with van der Waals surface area (Å²) in [4.78, 5) is 19.0. The molecule has 0 aliphatic heterocycles. The lowest BCUT2D eigenvalue weighted by Gasteiger charge is -2.02. The van der Waals surface area contributed by atoms with Crippen LogP contribution in [0.5, 0.6) is 0 Å². The molecule has 21 heavy (non-hydrogen) atoms. The quantitative estimate of drug-likeness (QED) is 0.310. The number of nitro benzene ring substituents is 1. The van der Waals surface area contributed by atoms with Gasteiger partial charge in [-0.1, -0.05) is 4.63 Å². The summed E-state index contributed by atoms with van der Waals surface area (Å²) >= 11 is 0. The van der Waals surface area contributed by atoms with Crippen molar-refractivity contribution in [1.29, 1.82) is 0 Å². The number of benzene rings is 1. The summed E-state index contributed by atoms with van der Waals surface area (Å²) in [6.07, 6.45) is 5.25. The van der Waals surface area contributed by atoms with Gasteiger partial charge in [-0.25, -0.2) is 4.98 Å². The van der Waals surface area contributed by atoms with Gasteiger partial charge < -0.3 is 4.98 Å². The Morgan fingerprint density at radius 2 is 2.10 bits per heavy atom. The lowest BCUT2D eigenvalue weighted by atomic mass is 10.1. The van der Waals surface area contributed by atoms with Gasteiger partial charge in [0.2, 0.25) is 6.20 Å². The number of rotatable bonds is 2. The van der Waals surface area contributed by atoms with E-state index in [1.54, 1.807) is 33.7 Å².